The number of benzene rings is 3. The van der Waals surface area contributed by atoms with E-state index in [-0.39, 0.29) is 18.2 Å². The summed E-state index contributed by atoms with van der Waals surface area (Å²) in [4.78, 5) is 15.4. The number of anilines is 3. The Bertz CT molecular complexity index is 1260. The van der Waals surface area contributed by atoms with Gasteiger partial charge in [0, 0.05) is 24.5 Å². The summed E-state index contributed by atoms with van der Waals surface area (Å²) < 4.78 is 33.9. The zero-order valence-electron chi connectivity index (χ0n) is 18.8. The van der Waals surface area contributed by atoms with Crippen molar-refractivity contribution in [2.75, 3.05) is 34.2 Å². The number of hydrogen-bond acceptors (Lipinski definition) is 5. The lowest BCUT2D eigenvalue weighted by molar-refractivity contribution is -0.122. The van der Waals surface area contributed by atoms with E-state index in [0.717, 1.165) is 18.8 Å². The molecule has 1 fully saturated rings. The number of sulfonamides is 1. The number of fused-ring (bicyclic) bond motifs is 1. The highest BCUT2D eigenvalue weighted by molar-refractivity contribution is 7.92. The largest absolute Gasteiger partial charge is 0.476 e. The summed E-state index contributed by atoms with van der Waals surface area (Å²) in [5.74, 6) is -0.174. The number of para-hydroxylation sites is 2. The van der Waals surface area contributed by atoms with Gasteiger partial charge in [-0.2, -0.15) is 0 Å². The molecule has 0 saturated carbocycles. The maximum atomic E-state index is 13.3. The van der Waals surface area contributed by atoms with Crippen LogP contribution in [0.2, 0.25) is 0 Å². The summed E-state index contributed by atoms with van der Waals surface area (Å²) in [6.45, 7) is 2.01. The van der Waals surface area contributed by atoms with E-state index >= 15 is 0 Å². The van der Waals surface area contributed by atoms with E-state index in [0.29, 0.717) is 22.7 Å². The van der Waals surface area contributed by atoms with Gasteiger partial charge < -0.3 is 15.0 Å². The summed E-state index contributed by atoms with van der Waals surface area (Å²) in [6.07, 6.45) is 1.42. The zero-order valence-corrected chi connectivity index (χ0v) is 19.6. The van der Waals surface area contributed by atoms with Crippen molar-refractivity contribution in [3.63, 3.8) is 0 Å². The van der Waals surface area contributed by atoms with Gasteiger partial charge in [0.05, 0.1) is 18.0 Å². The summed E-state index contributed by atoms with van der Waals surface area (Å²) in [5, 5.41) is 2.88. The lowest BCUT2D eigenvalue weighted by atomic mass is 10.2. The molecule has 0 radical (unpaired) electrons. The molecule has 1 unspecified atom stereocenters. The van der Waals surface area contributed by atoms with Gasteiger partial charge in [-0.15, -0.1) is 0 Å². The number of rotatable bonds is 6. The van der Waals surface area contributed by atoms with Crippen molar-refractivity contribution in [2.45, 2.75) is 24.7 Å². The standard InChI is InChI=1S/C26H27N3O4S/c30-26(27-21-12-14-22(15-13-21)28-16-6-7-17-28)25-18-29(23-10-4-5-11-24(23)33-25)34(31,32)19-20-8-2-1-3-9-20/h1-5,8-15,25H,6-7,16-19H2,(H,27,30). The quantitative estimate of drug-likeness (QED) is 0.580. The molecule has 0 spiro atoms. The fraction of sp³-hybridized carbons (Fsp3) is 0.269. The molecule has 0 aliphatic carbocycles. The Morgan fingerprint density at radius 1 is 0.912 bits per heavy atom. The van der Waals surface area contributed by atoms with E-state index < -0.39 is 16.1 Å². The maximum absolute atomic E-state index is 13.3. The number of nitrogens with zero attached hydrogens (tertiary/aromatic N) is 2. The SMILES string of the molecule is O=C(Nc1ccc(N2CCCC2)cc1)C1CN(S(=O)(=O)Cc2ccccc2)c2ccccc2O1. The van der Waals surface area contributed by atoms with Crippen LogP contribution < -0.4 is 19.3 Å². The third-order valence-electron chi connectivity index (χ3n) is 6.16. The Morgan fingerprint density at radius 2 is 1.59 bits per heavy atom. The second-order valence-corrected chi connectivity index (χ2v) is 10.5. The van der Waals surface area contributed by atoms with Crippen LogP contribution in [0.3, 0.4) is 0 Å². The highest BCUT2D eigenvalue weighted by Crippen LogP contribution is 2.36. The second kappa shape index (κ2) is 9.38. The molecule has 2 heterocycles. The Hall–Kier alpha value is -3.52. The first-order chi connectivity index (χ1) is 16.5. The van der Waals surface area contributed by atoms with Crippen LogP contribution in [0, 0.1) is 0 Å². The molecule has 7 nitrogen and oxygen atoms in total. The average Bonchev–Trinajstić information content (AvgIpc) is 3.39. The van der Waals surface area contributed by atoms with Gasteiger partial charge in [-0.3, -0.25) is 9.10 Å². The molecule has 1 amide bonds. The molecule has 2 aliphatic heterocycles. The number of amides is 1. The van der Waals surface area contributed by atoms with Crippen molar-refractivity contribution in [3.8, 4) is 5.75 Å². The van der Waals surface area contributed by atoms with Gasteiger partial charge in [0.25, 0.3) is 5.91 Å². The van der Waals surface area contributed by atoms with Crippen molar-refractivity contribution in [1.29, 1.82) is 0 Å². The van der Waals surface area contributed by atoms with E-state index in [9.17, 15) is 13.2 Å². The molecule has 0 bridgehead atoms. The van der Waals surface area contributed by atoms with Crippen molar-refractivity contribution in [3.05, 3.63) is 84.4 Å². The van der Waals surface area contributed by atoms with Gasteiger partial charge in [-0.05, 0) is 54.8 Å². The number of carbonyl (C=O) groups is 1. The topological polar surface area (TPSA) is 79.0 Å². The van der Waals surface area contributed by atoms with Crippen LogP contribution in [0.15, 0.2) is 78.9 Å². The first-order valence-electron chi connectivity index (χ1n) is 11.5. The van der Waals surface area contributed by atoms with Gasteiger partial charge in [0.2, 0.25) is 10.0 Å². The van der Waals surface area contributed by atoms with E-state index in [1.165, 1.54) is 17.1 Å². The number of hydrogen-bond donors (Lipinski definition) is 1. The van der Waals surface area contributed by atoms with Crippen molar-refractivity contribution in [1.82, 2.24) is 0 Å². The molecule has 2 aliphatic rings. The van der Waals surface area contributed by atoms with Crippen LogP contribution in [0.1, 0.15) is 18.4 Å². The maximum Gasteiger partial charge on any atom is 0.267 e. The highest BCUT2D eigenvalue weighted by Gasteiger charge is 2.36. The normalized spacial score (nSPS) is 17.7. The van der Waals surface area contributed by atoms with Crippen LogP contribution in [0.25, 0.3) is 0 Å². The lowest BCUT2D eigenvalue weighted by Gasteiger charge is -2.34. The smallest absolute Gasteiger partial charge is 0.267 e. The van der Waals surface area contributed by atoms with Crippen molar-refractivity contribution >= 4 is 33.0 Å². The van der Waals surface area contributed by atoms with Crippen LogP contribution in [0.4, 0.5) is 17.1 Å². The molecule has 8 heteroatoms. The van der Waals surface area contributed by atoms with Gasteiger partial charge in [-0.1, -0.05) is 42.5 Å². The minimum Gasteiger partial charge on any atom is -0.476 e. The molecule has 5 rings (SSSR count). The summed E-state index contributed by atoms with van der Waals surface area (Å²) in [7, 11) is -3.74. The minimum absolute atomic E-state index is 0.0934. The highest BCUT2D eigenvalue weighted by atomic mass is 32.2. The fourth-order valence-corrected chi connectivity index (χ4v) is 6.00. The second-order valence-electron chi connectivity index (χ2n) is 8.58. The molecule has 1 saturated heterocycles. The molecular formula is C26H27N3O4S. The zero-order chi connectivity index (χ0) is 23.5. The number of carbonyl (C=O) groups excluding carboxylic acids is 1. The summed E-state index contributed by atoms with van der Waals surface area (Å²) in [5.41, 5.74) is 2.91. The predicted octanol–water partition coefficient (Wildman–Crippen LogP) is 4.02. The van der Waals surface area contributed by atoms with Crippen molar-refractivity contribution < 1.29 is 17.9 Å². The molecule has 0 aromatic heterocycles. The van der Waals surface area contributed by atoms with Gasteiger partial charge in [-0.25, -0.2) is 8.42 Å². The Labute approximate surface area is 200 Å². The molecule has 3 aromatic carbocycles. The molecular weight excluding hydrogens is 450 g/mol. The van der Waals surface area contributed by atoms with Gasteiger partial charge in [0.15, 0.2) is 6.10 Å². The molecule has 1 N–H and O–H groups in total. The lowest BCUT2D eigenvalue weighted by Crippen LogP contribution is -2.49. The van der Waals surface area contributed by atoms with Crippen molar-refractivity contribution in [2.24, 2.45) is 0 Å². The van der Waals surface area contributed by atoms with Gasteiger partial charge in [0.1, 0.15) is 5.75 Å². The van der Waals surface area contributed by atoms with E-state index in [1.807, 2.05) is 42.5 Å². The molecule has 1 atom stereocenters. The fourth-order valence-electron chi connectivity index (χ4n) is 4.42. The number of nitrogens with one attached hydrogen (secondary N) is 1. The molecule has 3 aromatic rings. The van der Waals surface area contributed by atoms with Crippen LogP contribution in [-0.2, 0) is 20.6 Å². The molecule has 176 valence electrons. The minimum atomic E-state index is -3.74. The monoisotopic (exact) mass is 477 g/mol. The van der Waals surface area contributed by atoms with E-state index in [2.05, 4.69) is 10.2 Å². The van der Waals surface area contributed by atoms with Crippen LogP contribution in [-0.4, -0.2) is 40.1 Å². The summed E-state index contributed by atoms with van der Waals surface area (Å²) >= 11 is 0. The first-order valence-corrected chi connectivity index (χ1v) is 13.1. The third-order valence-corrected chi connectivity index (χ3v) is 7.88. The van der Waals surface area contributed by atoms with Crippen LogP contribution >= 0.6 is 0 Å². The first kappa shape index (κ1) is 22.3. The van der Waals surface area contributed by atoms with E-state index in [1.54, 1.807) is 36.4 Å². The summed E-state index contributed by atoms with van der Waals surface area (Å²) in [6, 6.07) is 23.6. The molecule has 34 heavy (non-hydrogen) atoms. The Kier molecular flexibility index (Phi) is 6.15. The third kappa shape index (κ3) is 4.72. The Balaban J connectivity index is 1.34. The van der Waals surface area contributed by atoms with Crippen LogP contribution in [0.5, 0.6) is 5.75 Å². The Morgan fingerprint density at radius 3 is 2.32 bits per heavy atom. The van der Waals surface area contributed by atoms with Gasteiger partial charge >= 0.3 is 0 Å². The van der Waals surface area contributed by atoms with E-state index in [4.69, 9.17) is 4.74 Å². The average molecular weight is 478 g/mol. The predicted molar refractivity (Wildman–Crippen MR) is 134 cm³/mol. The number of ether oxygens (including phenoxy) is 1.